The zero-order valence-electron chi connectivity index (χ0n) is 12.0. The van der Waals surface area contributed by atoms with Gasteiger partial charge in [-0.25, -0.2) is 13.1 Å². The van der Waals surface area contributed by atoms with Gasteiger partial charge in [-0.05, 0) is 42.7 Å². The maximum absolute atomic E-state index is 12.2. The Hall–Kier alpha value is -2.10. The first-order valence-corrected chi connectivity index (χ1v) is 8.74. The predicted molar refractivity (Wildman–Crippen MR) is 83.5 cm³/mol. The summed E-state index contributed by atoms with van der Waals surface area (Å²) in [4.78, 5) is 3.44. The highest BCUT2D eigenvalue weighted by atomic mass is 32.2. The van der Waals surface area contributed by atoms with E-state index in [1.54, 1.807) is 24.3 Å². The summed E-state index contributed by atoms with van der Waals surface area (Å²) in [6.45, 7) is 0. The summed E-state index contributed by atoms with van der Waals surface area (Å²) in [5.74, 6) is 0. The van der Waals surface area contributed by atoms with Crippen molar-refractivity contribution >= 4 is 10.0 Å². The lowest BCUT2D eigenvalue weighted by atomic mass is 9.94. The summed E-state index contributed by atoms with van der Waals surface area (Å²) >= 11 is 0. The lowest BCUT2D eigenvalue weighted by Crippen LogP contribution is -2.39. The molecule has 1 aliphatic rings. The van der Waals surface area contributed by atoms with Crippen LogP contribution in [0, 0.1) is 11.3 Å². The zero-order valence-corrected chi connectivity index (χ0v) is 12.9. The summed E-state index contributed by atoms with van der Waals surface area (Å²) in [5.41, 5.74) is 2.62. The van der Waals surface area contributed by atoms with Crippen molar-refractivity contribution in [1.82, 2.24) is 9.71 Å². The molecule has 1 fully saturated rings. The number of nitriles is 1. The molecule has 114 valence electrons. The van der Waals surface area contributed by atoms with Crippen molar-refractivity contribution < 1.29 is 8.42 Å². The van der Waals surface area contributed by atoms with Crippen molar-refractivity contribution in [2.75, 3.05) is 0 Å². The van der Waals surface area contributed by atoms with Gasteiger partial charge >= 0.3 is 0 Å². The molecule has 0 unspecified atom stereocenters. The van der Waals surface area contributed by atoms with Crippen LogP contribution in [0.25, 0.3) is 11.3 Å². The first-order valence-electron chi connectivity index (χ1n) is 7.26. The molecule has 0 radical (unpaired) electrons. The molecule has 5 nitrogen and oxygen atoms in total. The van der Waals surface area contributed by atoms with Crippen LogP contribution in [0.1, 0.15) is 25.0 Å². The molecule has 0 spiro atoms. The second-order valence-electron chi connectivity index (χ2n) is 5.51. The van der Waals surface area contributed by atoms with Gasteiger partial charge in [-0.15, -0.1) is 0 Å². The normalized spacial score (nSPS) is 15.2. The molecule has 0 atom stereocenters. The lowest BCUT2D eigenvalue weighted by molar-refractivity contribution is 0.383. The summed E-state index contributed by atoms with van der Waals surface area (Å²) in [5, 5.41) is 8.68. The molecule has 1 aromatic heterocycles. The van der Waals surface area contributed by atoms with Crippen molar-refractivity contribution in [2.45, 2.75) is 36.6 Å². The highest BCUT2D eigenvalue weighted by Gasteiger charge is 2.24. The van der Waals surface area contributed by atoms with Crippen LogP contribution in [0.2, 0.25) is 0 Å². The van der Waals surface area contributed by atoms with Crippen molar-refractivity contribution in [3.63, 3.8) is 0 Å². The van der Waals surface area contributed by atoms with E-state index in [9.17, 15) is 8.42 Å². The maximum Gasteiger partial charge on any atom is 0.240 e. The summed E-state index contributed by atoms with van der Waals surface area (Å²) < 4.78 is 27.2. The van der Waals surface area contributed by atoms with E-state index in [4.69, 9.17) is 5.26 Å². The minimum absolute atomic E-state index is 0.0848. The van der Waals surface area contributed by atoms with Crippen LogP contribution < -0.4 is 4.72 Å². The van der Waals surface area contributed by atoms with Crippen LogP contribution in [0.15, 0.2) is 41.3 Å². The molecule has 3 rings (SSSR count). The van der Waals surface area contributed by atoms with Crippen LogP contribution in [-0.4, -0.2) is 19.4 Å². The first kappa shape index (κ1) is 14.8. The SMILES string of the molecule is N#CCc1ccc(-c2ccc(S(=O)(=O)NC3CCC3)cc2)[nH]1. The number of benzene rings is 1. The standard InChI is InChI=1S/C16H17N3O2S/c17-11-10-13-6-9-16(18-13)12-4-7-15(8-5-12)22(20,21)19-14-2-1-3-14/h4-9,14,18-19H,1-3,10H2. The van der Waals surface area contributed by atoms with E-state index < -0.39 is 10.0 Å². The van der Waals surface area contributed by atoms with Gasteiger partial charge in [-0.2, -0.15) is 5.26 Å². The molecule has 1 aliphatic carbocycles. The second-order valence-corrected chi connectivity index (χ2v) is 7.22. The molecule has 0 amide bonds. The molecular weight excluding hydrogens is 298 g/mol. The average Bonchev–Trinajstić information content (AvgIpc) is 2.92. The highest BCUT2D eigenvalue weighted by molar-refractivity contribution is 7.89. The lowest BCUT2D eigenvalue weighted by Gasteiger charge is -2.26. The number of hydrogen-bond donors (Lipinski definition) is 2. The van der Waals surface area contributed by atoms with Gasteiger partial charge in [0.15, 0.2) is 0 Å². The fourth-order valence-electron chi connectivity index (χ4n) is 2.42. The minimum Gasteiger partial charge on any atom is -0.358 e. The Morgan fingerprint density at radius 1 is 1.18 bits per heavy atom. The monoisotopic (exact) mass is 315 g/mol. The number of aromatic nitrogens is 1. The van der Waals surface area contributed by atoms with E-state index in [0.29, 0.717) is 6.42 Å². The Morgan fingerprint density at radius 3 is 2.50 bits per heavy atom. The quantitative estimate of drug-likeness (QED) is 0.889. The van der Waals surface area contributed by atoms with E-state index in [2.05, 4.69) is 15.8 Å². The van der Waals surface area contributed by atoms with Gasteiger partial charge in [0.2, 0.25) is 10.0 Å². The molecule has 0 saturated heterocycles. The molecule has 1 heterocycles. The maximum atomic E-state index is 12.2. The molecule has 1 aromatic carbocycles. The predicted octanol–water partition coefficient (Wildman–Crippen LogP) is 2.58. The van der Waals surface area contributed by atoms with Gasteiger partial charge in [0.05, 0.1) is 17.4 Å². The van der Waals surface area contributed by atoms with Crippen molar-refractivity contribution in [1.29, 1.82) is 5.26 Å². The Kier molecular flexibility index (Phi) is 4.01. The molecule has 6 heteroatoms. The van der Waals surface area contributed by atoms with E-state index in [0.717, 1.165) is 36.2 Å². The fraction of sp³-hybridized carbons (Fsp3) is 0.312. The Labute approximate surface area is 130 Å². The number of hydrogen-bond acceptors (Lipinski definition) is 3. The number of nitrogens with one attached hydrogen (secondary N) is 2. The number of H-pyrrole nitrogens is 1. The van der Waals surface area contributed by atoms with Crippen molar-refractivity contribution in [3.05, 3.63) is 42.1 Å². The van der Waals surface area contributed by atoms with E-state index in [-0.39, 0.29) is 10.9 Å². The van der Waals surface area contributed by atoms with E-state index in [1.165, 1.54) is 0 Å². The summed E-state index contributed by atoms with van der Waals surface area (Å²) in [6.07, 6.45) is 3.25. The molecular formula is C16H17N3O2S. The topological polar surface area (TPSA) is 85.8 Å². The smallest absolute Gasteiger partial charge is 0.240 e. The van der Waals surface area contributed by atoms with Crippen LogP contribution >= 0.6 is 0 Å². The average molecular weight is 315 g/mol. The summed E-state index contributed by atoms with van der Waals surface area (Å²) in [7, 11) is -3.43. The second kappa shape index (κ2) is 5.95. The molecule has 1 saturated carbocycles. The molecule has 0 aliphatic heterocycles. The van der Waals surface area contributed by atoms with Crippen molar-refractivity contribution in [3.8, 4) is 17.3 Å². The van der Waals surface area contributed by atoms with E-state index >= 15 is 0 Å². The number of nitrogens with zero attached hydrogens (tertiary/aromatic N) is 1. The van der Waals surface area contributed by atoms with Crippen LogP contribution in [0.5, 0.6) is 0 Å². The van der Waals surface area contributed by atoms with Gasteiger partial charge in [0.25, 0.3) is 0 Å². The van der Waals surface area contributed by atoms with Gasteiger partial charge < -0.3 is 4.98 Å². The third-order valence-corrected chi connectivity index (χ3v) is 5.45. The van der Waals surface area contributed by atoms with Gasteiger partial charge in [0, 0.05) is 17.4 Å². The van der Waals surface area contributed by atoms with Crippen LogP contribution in [0.4, 0.5) is 0 Å². The third-order valence-electron chi connectivity index (χ3n) is 3.92. The highest BCUT2D eigenvalue weighted by Crippen LogP contribution is 2.23. The number of aromatic amines is 1. The van der Waals surface area contributed by atoms with Gasteiger partial charge in [0.1, 0.15) is 0 Å². The van der Waals surface area contributed by atoms with E-state index in [1.807, 2.05) is 12.1 Å². The fourth-order valence-corrected chi connectivity index (χ4v) is 3.73. The van der Waals surface area contributed by atoms with Crippen LogP contribution in [-0.2, 0) is 16.4 Å². The summed E-state index contributed by atoms with van der Waals surface area (Å²) in [6, 6.07) is 12.7. The molecule has 22 heavy (non-hydrogen) atoms. The minimum atomic E-state index is -3.43. The number of sulfonamides is 1. The molecule has 0 bridgehead atoms. The molecule has 2 N–H and O–H groups in total. The zero-order chi connectivity index (χ0) is 15.6. The van der Waals surface area contributed by atoms with Gasteiger partial charge in [-0.1, -0.05) is 18.6 Å². The van der Waals surface area contributed by atoms with Crippen LogP contribution in [0.3, 0.4) is 0 Å². The Bertz CT molecular complexity index is 797. The Balaban J connectivity index is 1.78. The number of rotatable bonds is 5. The largest absolute Gasteiger partial charge is 0.358 e. The van der Waals surface area contributed by atoms with Gasteiger partial charge in [-0.3, -0.25) is 0 Å². The molecule has 2 aromatic rings. The third kappa shape index (κ3) is 3.06. The van der Waals surface area contributed by atoms with Crippen molar-refractivity contribution in [2.24, 2.45) is 0 Å². The first-order chi connectivity index (χ1) is 10.6. The Morgan fingerprint density at radius 2 is 1.91 bits per heavy atom.